The molecule has 1 atom stereocenters. The number of carbonyl (C=O) groups is 2. The van der Waals surface area contributed by atoms with E-state index in [0.29, 0.717) is 12.2 Å². The summed E-state index contributed by atoms with van der Waals surface area (Å²) in [5, 5.41) is 17.8. The van der Waals surface area contributed by atoms with Crippen molar-refractivity contribution >= 4 is 29.2 Å². The van der Waals surface area contributed by atoms with Gasteiger partial charge in [-0.15, -0.1) is 0 Å². The van der Waals surface area contributed by atoms with Gasteiger partial charge in [-0.1, -0.05) is 31.5 Å². The lowest BCUT2D eigenvalue weighted by atomic mass is 10.1. The maximum atomic E-state index is 12.7. The lowest BCUT2D eigenvalue weighted by Gasteiger charge is -2.15. The molecule has 7 nitrogen and oxygen atoms in total. The zero-order valence-electron chi connectivity index (χ0n) is 18.0. The van der Waals surface area contributed by atoms with Gasteiger partial charge >= 0.3 is 12.2 Å². The van der Waals surface area contributed by atoms with Crippen molar-refractivity contribution in [3.8, 4) is 5.75 Å². The lowest BCUT2D eigenvalue weighted by Crippen LogP contribution is -2.37. The Morgan fingerprint density at radius 2 is 1.82 bits per heavy atom. The first-order valence-corrected chi connectivity index (χ1v) is 10.4. The first-order valence-electron chi connectivity index (χ1n) is 10.1. The van der Waals surface area contributed by atoms with Crippen LogP contribution in [0.4, 0.5) is 23.7 Å². The molecular weight excluding hydrogens is 463 g/mol. The molecule has 0 aromatic heterocycles. The van der Waals surface area contributed by atoms with Crippen LogP contribution in [0.15, 0.2) is 42.5 Å². The average molecular weight is 488 g/mol. The van der Waals surface area contributed by atoms with Gasteiger partial charge in [0.1, 0.15) is 18.5 Å². The summed E-state index contributed by atoms with van der Waals surface area (Å²) in [5.41, 5.74) is -0.271. The third-order valence-corrected chi connectivity index (χ3v) is 4.56. The van der Waals surface area contributed by atoms with Crippen molar-refractivity contribution in [1.82, 2.24) is 10.6 Å². The van der Waals surface area contributed by atoms with E-state index in [9.17, 15) is 27.9 Å². The minimum atomic E-state index is -4.50. The fourth-order valence-corrected chi connectivity index (χ4v) is 2.83. The van der Waals surface area contributed by atoms with Crippen molar-refractivity contribution in [2.75, 3.05) is 25.0 Å². The number of amides is 3. The summed E-state index contributed by atoms with van der Waals surface area (Å²) in [5.74, 6) is -0.0998. The van der Waals surface area contributed by atoms with Gasteiger partial charge in [-0.3, -0.25) is 4.79 Å². The normalized spacial score (nSPS) is 12.2. The van der Waals surface area contributed by atoms with Crippen molar-refractivity contribution < 1.29 is 32.6 Å². The summed E-state index contributed by atoms with van der Waals surface area (Å²) in [6.07, 6.45) is -5.67. The Hall–Kier alpha value is -2.98. The number of anilines is 1. The number of benzene rings is 2. The van der Waals surface area contributed by atoms with Crippen molar-refractivity contribution in [1.29, 1.82) is 0 Å². The fourth-order valence-electron chi connectivity index (χ4n) is 2.57. The monoisotopic (exact) mass is 487 g/mol. The smallest absolute Gasteiger partial charge is 0.416 e. The second-order valence-electron chi connectivity index (χ2n) is 7.62. The van der Waals surface area contributed by atoms with E-state index in [-0.39, 0.29) is 41.3 Å². The van der Waals surface area contributed by atoms with Crippen molar-refractivity contribution in [3.05, 3.63) is 58.6 Å². The Balaban J connectivity index is 1.80. The number of rotatable bonds is 9. The molecule has 0 aliphatic rings. The number of nitrogens with one attached hydrogen (secondary N) is 3. The summed E-state index contributed by atoms with van der Waals surface area (Å²) >= 11 is 6.13. The lowest BCUT2D eigenvalue weighted by molar-refractivity contribution is -0.137. The van der Waals surface area contributed by atoms with Crippen LogP contribution in [-0.2, 0) is 6.18 Å². The number of aliphatic hydroxyl groups excluding tert-OH is 1. The number of ether oxygens (including phenoxy) is 1. The van der Waals surface area contributed by atoms with Gasteiger partial charge in [0, 0.05) is 18.8 Å². The quantitative estimate of drug-likeness (QED) is 0.423. The standard InChI is InChI=1S/C22H25ClF3N3O4/c1-13(2)10-27-20(31)18-7-6-15(9-19(18)23)29-21(32)28-11-16(30)12-33-17-5-3-4-14(8-17)22(24,25)26/h3-9,13,16,30H,10-12H2,1-2H3,(H,27,31)(H2,28,29,32). The molecule has 1 unspecified atom stereocenters. The molecule has 0 fully saturated rings. The average Bonchev–Trinajstić information content (AvgIpc) is 2.74. The van der Waals surface area contributed by atoms with E-state index >= 15 is 0 Å². The molecule has 0 radical (unpaired) electrons. The molecule has 33 heavy (non-hydrogen) atoms. The number of urea groups is 1. The van der Waals surface area contributed by atoms with Gasteiger partial charge in [0.25, 0.3) is 5.91 Å². The van der Waals surface area contributed by atoms with Crippen LogP contribution in [0.25, 0.3) is 0 Å². The number of hydrogen-bond acceptors (Lipinski definition) is 4. The van der Waals surface area contributed by atoms with Gasteiger partial charge in [-0.25, -0.2) is 4.79 Å². The molecule has 0 bridgehead atoms. The molecule has 0 aliphatic heterocycles. The SMILES string of the molecule is CC(C)CNC(=O)c1ccc(NC(=O)NCC(O)COc2cccc(C(F)(F)F)c2)cc1Cl. The van der Waals surface area contributed by atoms with Crippen LogP contribution in [0.5, 0.6) is 5.75 Å². The summed E-state index contributed by atoms with van der Waals surface area (Å²) in [7, 11) is 0. The predicted octanol–water partition coefficient (Wildman–Crippen LogP) is 4.31. The molecule has 4 N–H and O–H groups in total. The molecule has 0 heterocycles. The van der Waals surface area contributed by atoms with Gasteiger partial charge in [0.05, 0.1) is 16.1 Å². The van der Waals surface area contributed by atoms with Gasteiger partial charge < -0.3 is 25.8 Å². The fraction of sp³-hybridized carbons (Fsp3) is 0.364. The van der Waals surface area contributed by atoms with E-state index in [2.05, 4.69) is 16.0 Å². The van der Waals surface area contributed by atoms with Gasteiger partial charge in [0.15, 0.2) is 0 Å². The predicted molar refractivity (Wildman–Crippen MR) is 119 cm³/mol. The van der Waals surface area contributed by atoms with Crippen LogP contribution in [0, 0.1) is 5.92 Å². The highest BCUT2D eigenvalue weighted by Gasteiger charge is 2.30. The van der Waals surface area contributed by atoms with E-state index in [1.165, 1.54) is 30.3 Å². The topological polar surface area (TPSA) is 99.7 Å². The van der Waals surface area contributed by atoms with Crippen LogP contribution in [0.2, 0.25) is 5.02 Å². The zero-order valence-corrected chi connectivity index (χ0v) is 18.8. The minimum Gasteiger partial charge on any atom is -0.491 e. The second-order valence-corrected chi connectivity index (χ2v) is 8.03. The maximum absolute atomic E-state index is 12.7. The van der Waals surface area contributed by atoms with Crippen LogP contribution in [0.1, 0.15) is 29.8 Å². The van der Waals surface area contributed by atoms with E-state index in [1.807, 2.05) is 13.8 Å². The highest BCUT2D eigenvalue weighted by molar-refractivity contribution is 6.34. The molecule has 180 valence electrons. The van der Waals surface area contributed by atoms with Gasteiger partial charge in [0.2, 0.25) is 0 Å². The Kier molecular flexibility index (Phi) is 9.36. The molecule has 3 amide bonds. The largest absolute Gasteiger partial charge is 0.491 e. The third-order valence-electron chi connectivity index (χ3n) is 4.24. The summed E-state index contributed by atoms with van der Waals surface area (Å²) in [4.78, 5) is 24.2. The van der Waals surface area contributed by atoms with Crippen molar-refractivity contribution in [2.45, 2.75) is 26.1 Å². The van der Waals surface area contributed by atoms with Crippen LogP contribution < -0.4 is 20.7 Å². The zero-order chi connectivity index (χ0) is 24.6. The van der Waals surface area contributed by atoms with Crippen LogP contribution in [0.3, 0.4) is 0 Å². The van der Waals surface area contributed by atoms with Crippen molar-refractivity contribution in [3.63, 3.8) is 0 Å². The van der Waals surface area contributed by atoms with Crippen molar-refractivity contribution in [2.24, 2.45) is 5.92 Å². The van der Waals surface area contributed by atoms with Gasteiger partial charge in [-0.05, 0) is 42.3 Å². The van der Waals surface area contributed by atoms with E-state index in [0.717, 1.165) is 12.1 Å². The van der Waals surface area contributed by atoms with Gasteiger partial charge in [-0.2, -0.15) is 13.2 Å². The molecule has 2 rings (SSSR count). The highest BCUT2D eigenvalue weighted by atomic mass is 35.5. The Morgan fingerprint density at radius 3 is 2.45 bits per heavy atom. The maximum Gasteiger partial charge on any atom is 0.416 e. The molecular formula is C22H25ClF3N3O4. The third kappa shape index (κ3) is 8.82. The number of aliphatic hydroxyl groups is 1. The second kappa shape index (κ2) is 11.8. The first kappa shape index (κ1) is 26.3. The first-order chi connectivity index (χ1) is 15.5. The molecule has 2 aromatic rings. The number of carbonyl (C=O) groups excluding carboxylic acids is 2. The summed E-state index contributed by atoms with van der Waals surface area (Å²) < 4.78 is 43.3. The Bertz CT molecular complexity index is 970. The van der Waals surface area contributed by atoms with E-state index in [1.54, 1.807) is 0 Å². The number of hydrogen-bond donors (Lipinski definition) is 4. The Labute approximate surface area is 194 Å². The molecule has 0 saturated carbocycles. The molecule has 2 aromatic carbocycles. The van der Waals surface area contributed by atoms with E-state index in [4.69, 9.17) is 16.3 Å². The minimum absolute atomic E-state index is 0.0551. The van der Waals surface area contributed by atoms with E-state index < -0.39 is 23.9 Å². The molecule has 0 spiro atoms. The summed E-state index contributed by atoms with van der Waals surface area (Å²) in [6.45, 7) is 3.88. The Morgan fingerprint density at radius 1 is 1.09 bits per heavy atom. The number of halogens is 4. The summed E-state index contributed by atoms with van der Waals surface area (Å²) in [6, 6.07) is 8.00. The molecule has 11 heteroatoms. The molecule has 0 saturated heterocycles. The van der Waals surface area contributed by atoms with Crippen LogP contribution >= 0.6 is 11.6 Å². The highest BCUT2D eigenvalue weighted by Crippen LogP contribution is 2.31. The number of alkyl halides is 3. The van der Waals surface area contributed by atoms with Crippen LogP contribution in [-0.4, -0.2) is 42.8 Å². The molecule has 0 aliphatic carbocycles.